The molecule has 0 saturated carbocycles. The van der Waals surface area contributed by atoms with Crippen molar-refractivity contribution in [3.63, 3.8) is 0 Å². The van der Waals surface area contributed by atoms with Crippen LogP contribution in [-0.2, 0) is 4.74 Å². The lowest BCUT2D eigenvalue weighted by Gasteiger charge is -2.28. The van der Waals surface area contributed by atoms with Crippen LogP contribution in [0.2, 0.25) is 0 Å². The van der Waals surface area contributed by atoms with Crippen LogP contribution in [0, 0.1) is 19.7 Å². The van der Waals surface area contributed by atoms with Gasteiger partial charge in [0, 0.05) is 41.4 Å². The van der Waals surface area contributed by atoms with Crippen LogP contribution in [0.3, 0.4) is 0 Å². The minimum Gasteiger partial charge on any atom is -0.483 e. The maximum atomic E-state index is 14.0. The van der Waals surface area contributed by atoms with Crippen LogP contribution >= 0.6 is 11.3 Å². The molecule has 1 unspecified atom stereocenters. The van der Waals surface area contributed by atoms with Gasteiger partial charge in [-0.3, -0.25) is 4.90 Å². The molecule has 1 aliphatic rings. The van der Waals surface area contributed by atoms with Crippen LogP contribution in [-0.4, -0.2) is 37.7 Å². The summed E-state index contributed by atoms with van der Waals surface area (Å²) in [4.78, 5) is 4.89. The van der Waals surface area contributed by atoms with Gasteiger partial charge in [0.05, 0.1) is 13.2 Å². The molecule has 0 spiro atoms. The van der Waals surface area contributed by atoms with Gasteiger partial charge in [0.25, 0.3) is 0 Å². The quantitative estimate of drug-likeness (QED) is 0.774. The van der Waals surface area contributed by atoms with E-state index in [0.717, 1.165) is 39.3 Å². The SMILES string of the molecule is Cc1cc(C(CCN2CCOCC2)Oc2ccccc2F)c(C)s1. The van der Waals surface area contributed by atoms with Gasteiger partial charge in [-0.05, 0) is 32.0 Å². The zero-order chi connectivity index (χ0) is 16.9. The minimum absolute atomic E-state index is 0.130. The van der Waals surface area contributed by atoms with E-state index in [2.05, 4.69) is 24.8 Å². The number of thiophene rings is 1. The van der Waals surface area contributed by atoms with Crippen molar-refractivity contribution < 1.29 is 13.9 Å². The molecule has 5 heteroatoms. The van der Waals surface area contributed by atoms with Crippen LogP contribution in [0.1, 0.15) is 27.8 Å². The first-order valence-electron chi connectivity index (χ1n) is 8.41. The average molecular weight is 349 g/mol. The molecule has 24 heavy (non-hydrogen) atoms. The molecular weight excluding hydrogens is 325 g/mol. The number of benzene rings is 1. The predicted molar refractivity (Wildman–Crippen MR) is 95.4 cm³/mol. The molecule has 1 atom stereocenters. The Kier molecular flexibility index (Phi) is 5.87. The third kappa shape index (κ3) is 4.35. The van der Waals surface area contributed by atoms with E-state index in [0.29, 0.717) is 5.75 Å². The Balaban J connectivity index is 1.75. The van der Waals surface area contributed by atoms with Gasteiger partial charge < -0.3 is 9.47 Å². The molecule has 2 heterocycles. The third-order valence-electron chi connectivity index (χ3n) is 4.34. The van der Waals surface area contributed by atoms with E-state index < -0.39 is 0 Å². The molecule has 1 fully saturated rings. The van der Waals surface area contributed by atoms with Crippen molar-refractivity contribution in [1.29, 1.82) is 0 Å². The second kappa shape index (κ2) is 8.10. The molecule has 0 aliphatic carbocycles. The third-order valence-corrected chi connectivity index (χ3v) is 5.33. The Labute approximate surface area is 147 Å². The Bertz CT molecular complexity index is 667. The van der Waals surface area contributed by atoms with Crippen molar-refractivity contribution in [2.75, 3.05) is 32.8 Å². The lowest BCUT2D eigenvalue weighted by Crippen LogP contribution is -2.37. The molecular formula is C19H24FNO2S. The maximum Gasteiger partial charge on any atom is 0.165 e. The topological polar surface area (TPSA) is 21.7 Å². The van der Waals surface area contributed by atoms with Crippen molar-refractivity contribution >= 4 is 11.3 Å². The number of hydrogen-bond donors (Lipinski definition) is 0. The molecule has 1 aromatic carbocycles. The van der Waals surface area contributed by atoms with Crippen LogP contribution in [0.25, 0.3) is 0 Å². The van der Waals surface area contributed by atoms with Crippen molar-refractivity contribution in [3.8, 4) is 5.75 Å². The number of hydrogen-bond acceptors (Lipinski definition) is 4. The average Bonchev–Trinajstić information content (AvgIpc) is 2.92. The van der Waals surface area contributed by atoms with Crippen LogP contribution in [0.5, 0.6) is 5.75 Å². The van der Waals surface area contributed by atoms with Gasteiger partial charge in [0.15, 0.2) is 11.6 Å². The van der Waals surface area contributed by atoms with Gasteiger partial charge in [-0.2, -0.15) is 0 Å². The summed E-state index contributed by atoms with van der Waals surface area (Å²) in [6.07, 6.45) is 0.709. The number of halogens is 1. The number of para-hydroxylation sites is 1. The highest BCUT2D eigenvalue weighted by molar-refractivity contribution is 7.12. The smallest absolute Gasteiger partial charge is 0.165 e. The molecule has 0 N–H and O–H groups in total. The molecule has 0 bridgehead atoms. The first-order chi connectivity index (χ1) is 11.6. The normalized spacial score (nSPS) is 17.0. The highest BCUT2D eigenvalue weighted by Crippen LogP contribution is 2.33. The van der Waals surface area contributed by atoms with Crippen molar-refractivity contribution in [3.05, 3.63) is 51.5 Å². The fourth-order valence-corrected chi connectivity index (χ4v) is 4.04. The minimum atomic E-state index is -0.307. The summed E-state index contributed by atoms with van der Waals surface area (Å²) in [6.45, 7) is 8.62. The van der Waals surface area contributed by atoms with Crippen molar-refractivity contribution in [2.45, 2.75) is 26.4 Å². The summed E-state index contributed by atoms with van der Waals surface area (Å²) in [7, 11) is 0. The fourth-order valence-electron chi connectivity index (χ4n) is 3.07. The number of ether oxygens (including phenoxy) is 2. The van der Waals surface area contributed by atoms with Crippen LogP contribution in [0.4, 0.5) is 4.39 Å². The summed E-state index contributed by atoms with van der Waals surface area (Å²) in [5, 5.41) is 0. The standard InChI is InChI=1S/C19H24FNO2S/c1-14-13-16(15(2)24-14)18(7-8-21-9-11-22-12-10-21)23-19-6-4-3-5-17(19)20/h3-6,13,18H,7-12H2,1-2H3. The molecule has 0 amide bonds. The lowest BCUT2D eigenvalue weighted by atomic mass is 10.1. The lowest BCUT2D eigenvalue weighted by molar-refractivity contribution is 0.0315. The van der Waals surface area contributed by atoms with E-state index in [1.54, 1.807) is 23.5 Å². The summed E-state index contributed by atoms with van der Waals surface area (Å²) in [6, 6.07) is 8.81. The fraction of sp³-hybridized carbons (Fsp3) is 0.474. The summed E-state index contributed by atoms with van der Waals surface area (Å²) >= 11 is 1.77. The molecule has 130 valence electrons. The predicted octanol–water partition coefficient (Wildman–Crippen LogP) is 4.35. The first-order valence-corrected chi connectivity index (χ1v) is 9.23. The van der Waals surface area contributed by atoms with Gasteiger partial charge >= 0.3 is 0 Å². The largest absolute Gasteiger partial charge is 0.483 e. The Morgan fingerprint density at radius 3 is 2.67 bits per heavy atom. The van der Waals surface area contributed by atoms with Crippen LogP contribution in [0.15, 0.2) is 30.3 Å². The number of aryl methyl sites for hydroxylation is 2. The van der Waals surface area contributed by atoms with E-state index in [1.165, 1.54) is 21.4 Å². The van der Waals surface area contributed by atoms with E-state index in [1.807, 2.05) is 6.07 Å². The Morgan fingerprint density at radius 2 is 2.00 bits per heavy atom. The zero-order valence-corrected chi connectivity index (χ0v) is 15.1. The monoisotopic (exact) mass is 349 g/mol. The van der Waals surface area contributed by atoms with Crippen molar-refractivity contribution in [2.24, 2.45) is 0 Å². The second-order valence-corrected chi connectivity index (χ2v) is 7.61. The van der Waals surface area contributed by atoms with Gasteiger partial charge in [-0.15, -0.1) is 11.3 Å². The molecule has 1 aliphatic heterocycles. The number of morpholine rings is 1. The van der Waals surface area contributed by atoms with E-state index in [4.69, 9.17) is 9.47 Å². The van der Waals surface area contributed by atoms with Gasteiger partial charge in [-0.25, -0.2) is 4.39 Å². The van der Waals surface area contributed by atoms with Gasteiger partial charge in [0.2, 0.25) is 0 Å². The molecule has 0 radical (unpaired) electrons. The van der Waals surface area contributed by atoms with E-state index in [9.17, 15) is 4.39 Å². The molecule has 3 rings (SSSR count). The van der Waals surface area contributed by atoms with E-state index >= 15 is 0 Å². The second-order valence-electron chi connectivity index (χ2n) is 6.15. The Hall–Kier alpha value is -1.43. The number of nitrogens with zero attached hydrogens (tertiary/aromatic N) is 1. The van der Waals surface area contributed by atoms with Crippen LogP contribution < -0.4 is 4.74 Å². The maximum absolute atomic E-state index is 14.0. The zero-order valence-electron chi connectivity index (χ0n) is 14.3. The van der Waals surface area contributed by atoms with Gasteiger partial charge in [0.1, 0.15) is 6.10 Å². The molecule has 2 aromatic rings. The van der Waals surface area contributed by atoms with Gasteiger partial charge in [-0.1, -0.05) is 12.1 Å². The molecule has 1 saturated heterocycles. The highest BCUT2D eigenvalue weighted by atomic mass is 32.1. The van der Waals surface area contributed by atoms with E-state index in [-0.39, 0.29) is 11.9 Å². The molecule has 1 aromatic heterocycles. The number of rotatable bonds is 6. The molecule has 3 nitrogen and oxygen atoms in total. The van der Waals surface area contributed by atoms with Crippen molar-refractivity contribution in [1.82, 2.24) is 4.90 Å². The summed E-state index contributed by atoms with van der Waals surface area (Å²) < 4.78 is 25.5. The first kappa shape index (κ1) is 17.4. The summed E-state index contributed by atoms with van der Waals surface area (Å²) in [5.74, 6) is 0.0196. The highest BCUT2D eigenvalue weighted by Gasteiger charge is 2.21. The summed E-state index contributed by atoms with van der Waals surface area (Å²) in [5.41, 5.74) is 1.18. The Morgan fingerprint density at radius 1 is 1.25 bits per heavy atom.